The third-order valence-electron chi connectivity index (χ3n) is 2.39. The second kappa shape index (κ2) is 6.37. The molecule has 0 bridgehead atoms. The van der Waals surface area contributed by atoms with E-state index < -0.39 is 51.4 Å². The van der Waals surface area contributed by atoms with Gasteiger partial charge >= 0.3 is 6.18 Å². The Morgan fingerprint density at radius 2 is 1.76 bits per heavy atom. The van der Waals surface area contributed by atoms with Crippen LogP contribution in [0.3, 0.4) is 0 Å². The molecular formula is C10H11F3N2O5S. The molecule has 0 aromatic heterocycles. The predicted octanol–water partition coefficient (Wildman–Crippen LogP) is 1.14. The number of halogens is 3. The van der Waals surface area contributed by atoms with E-state index in [-0.39, 0.29) is 4.31 Å². The first-order valence-electron chi connectivity index (χ1n) is 5.50. The molecule has 0 saturated carbocycles. The Kier molecular flexibility index (Phi) is 5.25. The van der Waals surface area contributed by atoms with Crippen molar-refractivity contribution in [2.75, 3.05) is 19.7 Å². The van der Waals surface area contributed by atoms with Gasteiger partial charge in [0, 0.05) is 18.7 Å². The minimum atomic E-state index is -4.77. The topological polar surface area (TPSA) is 101 Å². The molecule has 0 aliphatic carbocycles. The van der Waals surface area contributed by atoms with Crippen molar-refractivity contribution < 1.29 is 31.6 Å². The fourth-order valence-corrected chi connectivity index (χ4v) is 2.90. The van der Waals surface area contributed by atoms with Gasteiger partial charge in [-0.1, -0.05) is 0 Å². The molecule has 0 aliphatic rings. The van der Waals surface area contributed by atoms with E-state index in [4.69, 9.17) is 5.11 Å². The van der Waals surface area contributed by atoms with Gasteiger partial charge in [-0.15, -0.1) is 0 Å². The standard InChI is InChI=1S/C10H11F3N2O5S/c11-10(12,13)7-14(5-6-16)21(19,20)9-3-1-8(2-4-9)15(17)18/h1-4,16H,5-7H2. The largest absolute Gasteiger partial charge is 0.402 e. The third-order valence-corrected chi connectivity index (χ3v) is 4.25. The normalized spacial score (nSPS) is 12.6. The van der Waals surface area contributed by atoms with Crippen LogP contribution in [0.1, 0.15) is 0 Å². The minimum absolute atomic E-state index is 0.0637. The molecule has 0 heterocycles. The number of nitrogens with zero attached hydrogens (tertiary/aromatic N) is 2. The Morgan fingerprint density at radius 1 is 1.24 bits per heavy atom. The molecule has 0 radical (unpaired) electrons. The van der Waals surface area contributed by atoms with Crippen LogP contribution in [0.5, 0.6) is 0 Å². The molecule has 0 amide bonds. The lowest BCUT2D eigenvalue weighted by Gasteiger charge is -2.22. The average Bonchev–Trinajstić information content (AvgIpc) is 2.36. The first-order chi connectivity index (χ1) is 9.58. The second-order valence-electron chi connectivity index (χ2n) is 3.93. The molecule has 0 spiro atoms. The molecule has 0 saturated heterocycles. The summed E-state index contributed by atoms with van der Waals surface area (Å²) in [4.78, 5) is 9.16. The van der Waals surface area contributed by atoms with Gasteiger partial charge in [0.1, 0.15) is 6.54 Å². The van der Waals surface area contributed by atoms with E-state index in [0.29, 0.717) is 0 Å². The molecule has 0 atom stereocenters. The molecule has 118 valence electrons. The van der Waals surface area contributed by atoms with E-state index >= 15 is 0 Å². The van der Waals surface area contributed by atoms with Crippen LogP contribution >= 0.6 is 0 Å². The van der Waals surface area contributed by atoms with Crippen molar-refractivity contribution in [3.63, 3.8) is 0 Å². The Labute approximate surface area is 117 Å². The number of alkyl halides is 3. The van der Waals surface area contributed by atoms with E-state index in [2.05, 4.69) is 0 Å². The predicted molar refractivity (Wildman–Crippen MR) is 65.0 cm³/mol. The first-order valence-corrected chi connectivity index (χ1v) is 6.94. The van der Waals surface area contributed by atoms with Crippen molar-refractivity contribution in [2.24, 2.45) is 0 Å². The monoisotopic (exact) mass is 328 g/mol. The van der Waals surface area contributed by atoms with Gasteiger partial charge in [-0.2, -0.15) is 17.5 Å². The van der Waals surface area contributed by atoms with E-state index in [1.54, 1.807) is 0 Å². The van der Waals surface area contributed by atoms with Crippen LogP contribution in [0.25, 0.3) is 0 Å². The van der Waals surface area contributed by atoms with Gasteiger partial charge in [0.05, 0.1) is 16.4 Å². The Balaban J connectivity index is 3.13. The van der Waals surface area contributed by atoms with Crippen molar-refractivity contribution in [1.29, 1.82) is 0 Å². The number of hydrogen-bond donors (Lipinski definition) is 1. The minimum Gasteiger partial charge on any atom is -0.395 e. The van der Waals surface area contributed by atoms with Crippen molar-refractivity contribution >= 4 is 15.7 Å². The zero-order chi connectivity index (χ0) is 16.3. The Hall–Kier alpha value is -1.72. The molecule has 0 fully saturated rings. The van der Waals surface area contributed by atoms with Crippen molar-refractivity contribution in [3.8, 4) is 0 Å². The summed E-state index contributed by atoms with van der Waals surface area (Å²) in [6, 6.07) is 3.43. The smallest absolute Gasteiger partial charge is 0.395 e. The highest BCUT2D eigenvalue weighted by molar-refractivity contribution is 7.89. The number of benzene rings is 1. The van der Waals surface area contributed by atoms with Crippen molar-refractivity contribution in [2.45, 2.75) is 11.1 Å². The summed E-state index contributed by atoms with van der Waals surface area (Å²) in [6.07, 6.45) is -4.77. The SMILES string of the molecule is O=[N+]([O-])c1ccc(S(=O)(=O)N(CCO)CC(F)(F)F)cc1. The molecule has 11 heteroatoms. The molecule has 1 rings (SSSR count). The van der Waals surface area contributed by atoms with E-state index in [1.807, 2.05) is 0 Å². The Morgan fingerprint density at radius 3 is 2.14 bits per heavy atom. The number of aliphatic hydroxyl groups excluding tert-OH is 1. The summed E-state index contributed by atoms with van der Waals surface area (Å²) in [5.74, 6) is 0. The van der Waals surface area contributed by atoms with Gasteiger partial charge in [-0.05, 0) is 12.1 Å². The number of hydrogen-bond acceptors (Lipinski definition) is 5. The highest BCUT2D eigenvalue weighted by Gasteiger charge is 2.36. The summed E-state index contributed by atoms with van der Waals surface area (Å²) in [5, 5.41) is 19.1. The van der Waals surface area contributed by atoms with Gasteiger partial charge < -0.3 is 5.11 Å². The molecule has 7 nitrogen and oxygen atoms in total. The third kappa shape index (κ3) is 4.65. The lowest BCUT2D eigenvalue weighted by atomic mass is 10.3. The number of nitro benzene ring substituents is 1. The lowest BCUT2D eigenvalue weighted by Crippen LogP contribution is -2.40. The maximum absolute atomic E-state index is 12.4. The maximum atomic E-state index is 12.4. The summed E-state index contributed by atoms with van der Waals surface area (Å²) in [6.45, 7) is -3.28. The fourth-order valence-electron chi connectivity index (χ4n) is 1.48. The molecule has 0 aliphatic heterocycles. The van der Waals surface area contributed by atoms with E-state index in [1.165, 1.54) is 0 Å². The Bertz CT molecular complexity index is 600. The summed E-state index contributed by atoms with van der Waals surface area (Å²) in [7, 11) is -4.51. The first kappa shape index (κ1) is 17.3. The van der Waals surface area contributed by atoms with Crippen molar-refractivity contribution in [1.82, 2.24) is 4.31 Å². The zero-order valence-electron chi connectivity index (χ0n) is 10.4. The molecule has 21 heavy (non-hydrogen) atoms. The molecule has 1 aromatic rings. The van der Waals surface area contributed by atoms with Crippen molar-refractivity contribution in [3.05, 3.63) is 34.4 Å². The lowest BCUT2D eigenvalue weighted by molar-refractivity contribution is -0.384. The van der Waals surface area contributed by atoms with Crippen LogP contribution in [-0.2, 0) is 10.0 Å². The van der Waals surface area contributed by atoms with E-state index in [9.17, 15) is 31.7 Å². The maximum Gasteiger partial charge on any atom is 0.402 e. The van der Waals surface area contributed by atoms with Gasteiger partial charge in [0.2, 0.25) is 10.0 Å². The van der Waals surface area contributed by atoms with Gasteiger partial charge in [0.25, 0.3) is 5.69 Å². The highest BCUT2D eigenvalue weighted by atomic mass is 32.2. The number of nitro groups is 1. The molecular weight excluding hydrogens is 317 g/mol. The zero-order valence-corrected chi connectivity index (χ0v) is 11.3. The van der Waals surface area contributed by atoms with Gasteiger partial charge in [-0.3, -0.25) is 10.1 Å². The van der Waals surface area contributed by atoms with Gasteiger partial charge in [-0.25, -0.2) is 8.42 Å². The number of aliphatic hydroxyl groups is 1. The quantitative estimate of drug-likeness (QED) is 0.623. The molecule has 1 aromatic carbocycles. The van der Waals surface area contributed by atoms with Crippen LogP contribution in [0.2, 0.25) is 0 Å². The fraction of sp³-hybridized carbons (Fsp3) is 0.400. The summed E-state index contributed by atoms with van der Waals surface area (Å²) in [5.41, 5.74) is -0.390. The number of non-ortho nitro benzene ring substituents is 1. The van der Waals surface area contributed by atoms with Crippen LogP contribution in [0.15, 0.2) is 29.2 Å². The number of sulfonamides is 1. The van der Waals surface area contributed by atoms with E-state index in [0.717, 1.165) is 24.3 Å². The summed E-state index contributed by atoms with van der Waals surface area (Å²) >= 11 is 0. The molecule has 0 unspecified atom stereocenters. The second-order valence-corrected chi connectivity index (χ2v) is 5.87. The van der Waals surface area contributed by atoms with Gasteiger partial charge in [0.15, 0.2) is 0 Å². The van der Waals surface area contributed by atoms with Crippen LogP contribution < -0.4 is 0 Å². The number of rotatable bonds is 6. The van der Waals surface area contributed by atoms with Crippen LogP contribution in [-0.4, -0.2) is 48.6 Å². The van der Waals surface area contributed by atoms with Crippen LogP contribution in [0.4, 0.5) is 18.9 Å². The van der Waals surface area contributed by atoms with Crippen LogP contribution in [0, 0.1) is 10.1 Å². The average molecular weight is 328 g/mol. The molecule has 1 N–H and O–H groups in total. The summed E-state index contributed by atoms with van der Waals surface area (Å²) < 4.78 is 61.2. The highest BCUT2D eigenvalue weighted by Crippen LogP contribution is 2.23.